The van der Waals surface area contributed by atoms with Gasteiger partial charge in [-0.25, -0.2) is 15.1 Å². The summed E-state index contributed by atoms with van der Waals surface area (Å²) in [5.41, 5.74) is -2.06. The van der Waals surface area contributed by atoms with E-state index in [1.54, 1.807) is 31.3 Å². The molecule has 1 aromatic carbocycles. The first-order chi connectivity index (χ1) is 12.6. The number of hydrogen-bond acceptors (Lipinski definition) is 4. The van der Waals surface area contributed by atoms with Gasteiger partial charge in [0.25, 0.3) is 11.7 Å². The maximum atomic E-state index is 13.9. The second kappa shape index (κ2) is 7.65. The van der Waals surface area contributed by atoms with Gasteiger partial charge in [-0.15, -0.1) is 0 Å². The molecule has 27 heavy (non-hydrogen) atoms. The van der Waals surface area contributed by atoms with Crippen LogP contribution in [0.3, 0.4) is 0 Å². The third kappa shape index (κ3) is 4.36. The van der Waals surface area contributed by atoms with Crippen LogP contribution in [0.2, 0.25) is 0 Å². The molecule has 0 bridgehead atoms. The molecule has 6 nitrogen and oxygen atoms in total. The van der Waals surface area contributed by atoms with Crippen molar-refractivity contribution in [3.8, 4) is 0 Å². The SMILES string of the molecule is COC(=O)[C@@](NC(=O)c1cccc(C)c1)(Nc1ccc(C)c[nH+]1)C(F)(F)F. The van der Waals surface area contributed by atoms with Gasteiger partial charge in [0.1, 0.15) is 0 Å². The number of pyridine rings is 1. The number of amides is 1. The van der Waals surface area contributed by atoms with Crippen molar-refractivity contribution in [2.45, 2.75) is 25.7 Å². The van der Waals surface area contributed by atoms with E-state index in [1.807, 2.05) is 5.32 Å². The highest BCUT2D eigenvalue weighted by molar-refractivity contribution is 5.99. The molecule has 0 saturated heterocycles. The second-order valence-corrected chi connectivity index (χ2v) is 5.97. The van der Waals surface area contributed by atoms with Crippen molar-refractivity contribution in [1.82, 2.24) is 5.32 Å². The van der Waals surface area contributed by atoms with Crippen LogP contribution in [0.4, 0.5) is 19.0 Å². The average molecular weight is 382 g/mol. The molecule has 1 amide bonds. The van der Waals surface area contributed by atoms with E-state index in [2.05, 4.69) is 9.72 Å². The topological polar surface area (TPSA) is 81.6 Å². The van der Waals surface area contributed by atoms with Crippen molar-refractivity contribution in [2.24, 2.45) is 0 Å². The molecule has 0 aliphatic heterocycles. The Bertz CT molecular complexity index is 838. The summed E-state index contributed by atoms with van der Waals surface area (Å²) in [5.74, 6) is -2.92. The molecular weight excluding hydrogens is 363 g/mol. The zero-order chi connectivity index (χ0) is 20.2. The Balaban J connectivity index is 2.48. The highest BCUT2D eigenvalue weighted by Crippen LogP contribution is 2.32. The van der Waals surface area contributed by atoms with Crippen molar-refractivity contribution >= 4 is 17.7 Å². The minimum Gasteiger partial charge on any atom is -0.464 e. The number of methoxy groups -OCH3 is 1. The first-order valence-corrected chi connectivity index (χ1v) is 7.90. The fourth-order valence-electron chi connectivity index (χ4n) is 2.35. The standard InChI is InChI=1S/C18H18F3N3O3/c1-11-5-4-6-13(9-11)15(25)24-17(16(26)27-3,18(19,20)21)23-14-8-7-12(2)10-22-14/h4-10H,1-3H3,(H,22,23)(H,24,25)/p+1/t17-/m0/s1. The fraction of sp³-hybridized carbons (Fsp3) is 0.278. The van der Waals surface area contributed by atoms with Crippen molar-refractivity contribution in [2.75, 3.05) is 12.4 Å². The largest absolute Gasteiger partial charge is 0.464 e. The van der Waals surface area contributed by atoms with Crippen molar-refractivity contribution in [3.05, 3.63) is 59.3 Å². The summed E-state index contributed by atoms with van der Waals surface area (Å²) < 4.78 is 46.2. The zero-order valence-corrected chi connectivity index (χ0v) is 14.9. The first kappa shape index (κ1) is 20.2. The number of alkyl halides is 3. The molecule has 1 atom stereocenters. The van der Waals surface area contributed by atoms with Crippen LogP contribution < -0.4 is 15.6 Å². The normalized spacial score (nSPS) is 13.4. The number of aromatic nitrogens is 1. The number of carbonyl (C=O) groups is 2. The van der Waals surface area contributed by atoms with Crippen LogP contribution in [0, 0.1) is 13.8 Å². The number of benzene rings is 1. The van der Waals surface area contributed by atoms with E-state index < -0.39 is 23.7 Å². The average Bonchev–Trinajstić information content (AvgIpc) is 2.61. The summed E-state index contributed by atoms with van der Waals surface area (Å²) >= 11 is 0. The first-order valence-electron chi connectivity index (χ1n) is 7.90. The molecule has 0 spiro atoms. The van der Waals surface area contributed by atoms with Gasteiger partial charge in [-0.05, 0) is 37.6 Å². The third-order valence-electron chi connectivity index (χ3n) is 3.79. The van der Waals surface area contributed by atoms with E-state index in [4.69, 9.17) is 0 Å². The van der Waals surface area contributed by atoms with Gasteiger partial charge in [-0.2, -0.15) is 13.2 Å². The van der Waals surface area contributed by atoms with E-state index in [-0.39, 0.29) is 11.4 Å². The highest BCUT2D eigenvalue weighted by atomic mass is 19.4. The molecule has 0 radical (unpaired) electrons. The molecule has 1 heterocycles. The number of halogens is 3. The molecule has 9 heteroatoms. The Hall–Kier alpha value is -3.10. The van der Waals surface area contributed by atoms with Gasteiger partial charge < -0.3 is 4.74 Å². The summed E-state index contributed by atoms with van der Waals surface area (Å²) in [6.07, 6.45) is -3.75. The van der Waals surface area contributed by atoms with E-state index in [0.717, 1.165) is 12.7 Å². The lowest BCUT2D eigenvalue weighted by Crippen LogP contribution is -2.69. The van der Waals surface area contributed by atoms with Crippen molar-refractivity contribution < 1.29 is 32.5 Å². The van der Waals surface area contributed by atoms with Crippen LogP contribution in [0.15, 0.2) is 42.6 Å². The van der Waals surface area contributed by atoms with Gasteiger partial charge in [0.2, 0.25) is 0 Å². The van der Waals surface area contributed by atoms with Crippen LogP contribution in [0.25, 0.3) is 0 Å². The predicted octanol–water partition coefficient (Wildman–Crippen LogP) is 2.39. The smallest absolute Gasteiger partial charge is 0.464 e. The number of esters is 1. The summed E-state index contributed by atoms with van der Waals surface area (Å²) in [5, 5.41) is 3.80. The van der Waals surface area contributed by atoms with Crippen LogP contribution >= 0.6 is 0 Å². The van der Waals surface area contributed by atoms with Crippen LogP contribution in [-0.4, -0.2) is 30.8 Å². The summed E-state index contributed by atoms with van der Waals surface area (Å²) in [6, 6.07) is 8.83. The number of rotatable bonds is 5. The zero-order valence-electron chi connectivity index (χ0n) is 14.9. The lowest BCUT2D eigenvalue weighted by molar-refractivity contribution is -0.363. The van der Waals surface area contributed by atoms with Crippen molar-refractivity contribution in [3.63, 3.8) is 0 Å². The van der Waals surface area contributed by atoms with E-state index in [1.165, 1.54) is 30.5 Å². The molecule has 1 aromatic heterocycles. The van der Waals surface area contributed by atoms with Gasteiger partial charge >= 0.3 is 17.8 Å². The maximum Gasteiger partial charge on any atom is 0.464 e. The number of hydrogen-bond donors (Lipinski definition) is 2. The number of H-pyrrole nitrogens is 1. The third-order valence-corrected chi connectivity index (χ3v) is 3.79. The summed E-state index contributed by atoms with van der Waals surface area (Å²) in [4.78, 5) is 27.2. The maximum absolute atomic E-state index is 13.9. The lowest BCUT2D eigenvalue weighted by atomic mass is 10.1. The van der Waals surface area contributed by atoms with E-state index >= 15 is 0 Å². The molecule has 144 valence electrons. The molecule has 0 aliphatic carbocycles. The molecule has 0 aliphatic rings. The molecule has 0 unspecified atom stereocenters. The quantitative estimate of drug-likeness (QED) is 0.615. The highest BCUT2D eigenvalue weighted by Gasteiger charge is 2.67. The van der Waals surface area contributed by atoms with E-state index in [0.29, 0.717) is 5.56 Å². The predicted molar refractivity (Wildman–Crippen MR) is 90.8 cm³/mol. The number of nitrogens with one attached hydrogen (secondary N) is 3. The summed E-state index contributed by atoms with van der Waals surface area (Å²) in [7, 11) is 0.808. The molecule has 0 saturated carbocycles. The summed E-state index contributed by atoms with van der Waals surface area (Å²) in [6.45, 7) is 3.42. The number of anilines is 1. The van der Waals surface area contributed by atoms with E-state index in [9.17, 15) is 22.8 Å². The van der Waals surface area contributed by atoms with Gasteiger partial charge in [-0.3, -0.25) is 10.1 Å². The molecular formula is C18H19F3N3O3+. The molecule has 2 aromatic rings. The van der Waals surface area contributed by atoms with Crippen molar-refractivity contribution in [1.29, 1.82) is 0 Å². The van der Waals surface area contributed by atoms with Gasteiger partial charge in [0, 0.05) is 11.6 Å². The van der Waals surface area contributed by atoms with Crippen LogP contribution in [-0.2, 0) is 9.53 Å². The number of carbonyl (C=O) groups excluding carboxylic acids is 2. The number of aromatic amines is 1. The minimum absolute atomic E-state index is 0.0257. The number of aryl methyl sites for hydroxylation is 2. The van der Waals surface area contributed by atoms with Gasteiger partial charge in [0.05, 0.1) is 13.3 Å². The second-order valence-electron chi connectivity index (χ2n) is 5.97. The van der Waals surface area contributed by atoms with Crippen LogP contribution in [0.1, 0.15) is 21.5 Å². The molecule has 0 fully saturated rings. The Morgan fingerprint density at radius 2 is 1.78 bits per heavy atom. The monoisotopic (exact) mass is 382 g/mol. The molecule has 3 N–H and O–H groups in total. The molecule has 2 rings (SSSR count). The lowest BCUT2D eigenvalue weighted by Gasteiger charge is -2.30. The van der Waals surface area contributed by atoms with Gasteiger partial charge in [0.15, 0.2) is 0 Å². The Morgan fingerprint density at radius 1 is 1.07 bits per heavy atom. The number of ether oxygens (including phenoxy) is 1. The Labute approximate surface area is 153 Å². The van der Waals surface area contributed by atoms with Gasteiger partial charge in [-0.1, -0.05) is 17.7 Å². The Kier molecular flexibility index (Phi) is 5.72. The Morgan fingerprint density at radius 3 is 2.30 bits per heavy atom. The minimum atomic E-state index is -5.20. The fourth-order valence-corrected chi connectivity index (χ4v) is 2.35. The van der Waals surface area contributed by atoms with Crippen LogP contribution in [0.5, 0.6) is 0 Å².